The van der Waals surface area contributed by atoms with Gasteiger partial charge in [-0.2, -0.15) is 0 Å². The first-order valence-electron chi connectivity index (χ1n) is 10.7. The number of benzene rings is 2. The predicted octanol–water partition coefficient (Wildman–Crippen LogP) is 4.42. The van der Waals surface area contributed by atoms with E-state index < -0.39 is 11.4 Å². The van der Waals surface area contributed by atoms with E-state index in [2.05, 4.69) is 16.8 Å². The molecule has 5 rings (SSSR count). The molecular weight excluding hydrogens is 407 g/mol. The number of hydrogen-bond acceptors (Lipinski definition) is 4. The Morgan fingerprint density at radius 2 is 2.00 bits per heavy atom. The summed E-state index contributed by atoms with van der Waals surface area (Å²) >= 11 is 0. The molecule has 1 atom stereocenters. The third-order valence-corrected chi connectivity index (χ3v) is 6.34. The van der Waals surface area contributed by atoms with Crippen LogP contribution in [-0.2, 0) is 9.53 Å². The Labute approximate surface area is 186 Å². The molecule has 1 saturated heterocycles. The first kappa shape index (κ1) is 20.5. The zero-order chi connectivity index (χ0) is 22.6. The number of carbonyl (C=O) groups is 1. The van der Waals surface area contributed by atoms with E-state index in [0.29, 0.717) is 29.1 Å². The van der Waals surface area contributed by atoms with Crippen LogP contribution in [0.15, 0.2) is 60.9 Å². The summed E-state index contributed by atoms with van der Waals surface area (Å²) < 4.78 is 19.8. The molecule has 2 N–H and O–H groups in total. The van der Waals surface area contributed by atoms with E-state index in [4.69, 9.17) is 4.74 Å². The van der Waals surface area contributed by atoms with E-state index in [1.54, 1.807) is 6.07 Å². The molecule has 6 heteroatoms. The second-order valence-electron chi connectivity index (χ2n) is 8.97. The highest BCUT2D eigenvalue weighted by molar-refractivity contribution is 6.32. The number of carbonyl (C=O) groups excluding carboxylic acids is 1. The number of aliphatic hydroxyl groups is 1. The van der Waals surface area contributed by atoms with Crippen LogP contribution in [-0.4, -0.2) is 40.7 Å². The van der Waals surface area contributed by atoms with Crippen molar-refractivity contribution in [2.45, 2.75) is 32.0 Å². The number of allylic oxidation sites excluding steroid dienone is 1. The van der Waals surface area contributed by atoms with E-state index in [9.17, 15) is 14.3 Å². The van der Waals surface area contributed by atoms with Gasteiger partial charge < -0.3 is 20.1 Å². The van der Waals surface area contributed by atoms with Gasteiger partial charge in [0.25, 0.3) is 5.91 Å². The molecule has 0 saturated carbocycles. The number of amides is 1. The van der Waals surface area contributed by atoms with Crippen molar-refractivity contribution in [1.82, 2.24) is 4.90 Å². The van der Waals surface area contributed by atoms with Crippen molar-refractivity contribution in [2.75, 3.05) is 18.4 Å². The maximum Gasteiger partial charge on any atom is 0.260 e. The molecule has 2 aromatic rings. The largest absolute Gasteiger partial charge is 0.482 e. The second kappa shape index (κ2) is 7.35. The highest BCUT2D eigenvalue weighted by Crippen LogP contribution is 2.44. The van der Waals surface area contributed by atoms with Crippen molar-refractivity contribution >= 4 is 28.4 Å². The molecule has 5 nitrogen and oxygen atoms in total. The van der Waals surface area contributed by atoms with Crippen molar-refractivity contribution in [3.8, 4) is 0 Å². The minimum absolute atomic E-state index is 0.298. The summed E-state index contributed by atoms with van der Waals surface area (Å²) in [5.74, 6) is -0.218. The molecule has 2 aromatic carbocycles. The quantitative estimate of drug-likeness (QED) is 0.705. The molecule has 3 aliphatic rings. The second-order valence-corrected chi connectivity index (χ2v) is 8.97. The van der Waals surface area contributed by atoms with Crippen molar-refractivity contribution in [3.63, 3.8) is 0 Å². The first-order valence-corrected chi connectivity index (χ1v) is 10.7. The molecule has 1 amide bonds. The van der Waals surface area contributed by atoms with Gasteiger partial charge in [0.2, 0.25) is 0 Å². The highest BCUT2D eigenvalue weighted by atomic mass is 19.1. The summed E-state index contributed by atoms with van der Waals surface area (Å²) in [6, 6.07) is 12.3. The van der Waals surface area contributed by atoms with Crippen molar-refractivity contribution < 1.29 is 19.0 Å². The fourth-order valence-electron chi connectivity index (χ4n) is 4.62. The lowest BCUT2D eigenvalue weighted by Crippen LogP contribution is -2.21. The fourth-order valence-corrected chi connectivity index (χ4v) is 4.62. The molecule has 3 aliphatic heterocycles. The van der Waals surface area contributed by atoms with Gasteiger partial charge in [-0.15, -0.1) is 0 Å². The Kier molecular flexibility index (Phi) is 4.71. The maximum absolute atomic E-state index is 13.6. The molecule has 0 radical (unpaired) electrons. The number of halogens is 1. The number of aliphatic hydroxyl groups excluding tert-OH is 1. The molecule has 3 heterocycles. The highest BCUT2D eigenvalue weighted by Gasteiger charge is 2.38. The number of rotatable bonds is 3. The van der Waals surface area contributed by atoms with Gasteiger partial charge in [-0.1, -0.05) is 30.8 Å². The lowest BCUT2D eigenvalue weighted by atomic mass is 9.91. The molecule has 0 aliphatic carbocycles. The number of ether oxygens (including phenoxy) is 1. The van der Waals surface area contributed by atoms with Crippen LogP contribution in [0.5, 0.6) is 0 Å². The van der Waals surface area contributed by atoms with E-state index in [0.717, 1.165) is 35.4 Å². The number of nitrogens with zero attached hydrogens (tertiary/aromatic N) is 1. The van der Waals surface area contributed by atoms with E-state index in [1.165, 1.54) is 12.1 Å². The number of fused-ring (bicyclic) bond motifs is 1. The Bertz CT molecular complexity index is 1190. The maximum atomic E-state index is 13.6. The van der Waals surface area contributed by atoms with Crippen molar-refractivity contribution in [1.29, 1.82) is 0 Å². The molecule has 0 spiro atoms. The van der Waals surface area contributed by atoms with Crippen molar-refractivity contribution in [3.05, 3.63) is 83.4 Å². The number of hydrogen-bond donors (Lipinski definition) is 2. The fraction of sp³-hybridized carbons (Fsp3) is 0.269. The molecule has 164 valence electrons. The Balaban J connectivity index is 1.48. The van der Waals surface area contributed by atoms with Crippen LogP contribution in [0.1, 0.15) is 37.0 Å². The van der Waals surface area contributed by atoms with Crippen LogP contribution < -0.4 is 5.32 Å². The van der Waals surface area contributed by atoms with Gasteiger partial charge in [0, 0.05) is 29.9 Å². The third kappa shape index (κ3) is 3.41. The lowest BCUT2D eigenvalue weighted by Gasteiger charge is -2.24. The lowest BCUT2D eigenvalue weighted by molar-refractivity contribution is -0.111. The summed E-state index contributed by atoms with van der Waals surface area (Å²) in [5, 5.41) is 12.5. The average molecular weight is 432 g/mol. The molecule has 32 heavy (non-hydrogen) atoms. The predicted molar refractivity (Wildman–Crippen MR) is 123 cm³/mol. The van der Waals surface area contributed by atoms with Crippen LogP contribution in [0.25, 0.3) is 16.8 Å². The van der Waals surface area contributed by atoms with E-state index in [-0.39, 0.29) is 12.0 Å². The molecular formula is C26H25FN2O3. The Hall–Kier alpha value is -3.38. The van der Waals surface area contributed by atoms with Crippen LogP contribution in [0.2, 0.25) is 0 Å². The van der Waals surface area contributed by atoms with Crippen LogP contribution in [0.3, 0.4) is 0 Å². The number of anilines is 1. The number of β-amino-alcohol motifs (C(OH)–C–C–N with tert-alkyl or cyclic N) is 1. The summed E-state index contributed by atoms with van der Waals surface area (Å²) in [6.45, 7) is 9.53. The molecule has 0 aromatic heterocycles. The van der Waals surface area contributed by atoms with Gasteiger partial charge in [-0.25, -0.2) is 4.39 Å². The third-order valence-electron chi connectivity index (χ3n) is 6.34. The smallest absolute Gasteiger partial charge is 0.260 e. The zero-order valence-corrected chi connectivity index (χ0v) is 18.1. The normalized spacial score (nSPS) is 23.6. The summed E-state index contributed by atoms with van der Waals surface area (Å²) in [5.41, 5.74) is 4.72. The first-order chi connectivity index (χ1) is 15.2. The van der Waals surface area contributed by atoms with Gasteiger partial charge in [0.1, 0.15) is 17.2 Å². The van der Waals surface area contributed by atoms with E-state index >= 15 is 0 Å². The average Bonchev–Trinajstić information content (AvgIpc) is 3.41. The topological polar surface area (TPSA) is 61.8 Å². The van der Waals surface area contributed by atoms with Crippen LogP contribution in [0, 0.1) is 5.82 Å². The molecule has 0 bridgehead atoms. The minimum Gasteiger partial charge on any atom is -0.482 e. The monoisotopic (exact) mass is 432 g/mol. The summed E-state index contributed by atoms with van der Waals surface area (Å²) in [4.78, 5) is 14.7. The van der Waals surface area contributed by atoms with Gasteiger partial charge in [0.05, 0.1) is 17.4 Å². The Morgan fingerprint density at radius 3 is 2.69 bits per heavy atom. The Morgan fingerprint density at radius 1 is 1.25 bits per heavy atom. The van der Waals surface area contributed by atoms with E-state index in [1.807, 2.05) is 44.2 Å². The molecule has 1 fully saturated rings. The van der Waals surface area contributed by atoms with Crippen molar-refractivity contribution in [2.24, 2.45) is 0 Å². The van der Waals surface area contributed by atoms with Gasteiger partial charge in [-0.05, 0) is 55.7 Å². The summed E-state index contributed by atoms with van der Waals surface area (Å²) in [6.07, 6.45) is 2.36. The van der Waals surface area contributed by atoms with Crippen LogP contribution in [0.4, 0.5) is 10.1 Å². The number of likely N-dealkylation sites (tertiary alicyclic amines) is 1. The number of nitrogens with one attached hydrogen (secondary N) is 1. The SMILES string of the molecule is C=C(c1ccc(C2=C/C(=C3\C(=O)Nc4cc(F)ccc43)OC2(C)C)cc1)N1CCC(O)C1. The van der Waals surface area contributed by atoms with Crippen LogP contribution >= 0.6 is 0 Å². The van der Waals surface area contributed by atoms with Gasteiger partial charge in [-0.3, -0.25) is 4.79 Å². The van der Waals surface area contributed by atoms with Gasteiger partial charge in [0.15, 0.2) is 0 Å². The summed E-state index contributed by atoms with van der Waals surface area (Å²) in [7, 11) is 0. The zero-order valence-electron chi connectivity index (χ0n) is 18.1. The standard InChI is InChI=1S/C26H25FN2O3/c1-15(29-11-10-19(30)14-29)16-4-6-17(7-5-16)21-13-23(32-26(21,2)3)24-20-9-8-18(27)12-22(20)28-25(24)31/h4-9,12-13,19,30H,1,10-11,14H2,2-3H3,(H,28,31)/b24-23+. The van der Waals surface area contributed by atoms with Gasteiger partial charge >= 0.3 is 0 Å². The minimum atomic E-state index is -0.636. The molecule has 1 unspecified atom stereocenters.